The lowest BCUT2D eigenvalue weighted by Gasteiger charge is -2.16. The fourth-order valence-electron chi connectivity index (χ4n) is 3.43. The van der Waals surface area contributed by atoms with Gasteiger partial charge in [0.1, 0.15) is 14.9 Å². The second kappa shape index (κ2) is 10.8. The van der Waals surface area contributed by atoms with Gasteiger partial charge >= 0.3 is 6.18 Å². The summed E-state index contributed by atoms with van der Waals surface area (Å²) >= 11 is 5.98. The molecule has 0 bridgehead atoms. The quantitative estimate of drug-likeness (QED) is 0.465. The van der Waals surface area contributed by atoms with Crippen molar-refractivity contribution in [1.82, 2.24) is 20.2 Å². The van der Waals surface area contributed by atoms with Gasteiger partial charge in [-0.05, 0) is 24.1 Å². The number of rotatable bonds is 10. The van der Waals surface area contributed by atoms with Crippen molar-refractivity contribution in [3.63, 3.8) is 0 Å². The molecule has 0 saturated heterocycles. The summed E-state index contributed by atoms with van der Waals surface area (Å²) < 4.78 is 63.9. The zero-order valence-electron chi connectivity index (χ0n) is 18.6. The highest BCUT2D eigenvalue weighted by atomic mass is 35.5. The van der Waals surface area contributed by atoms with E-state index in [0.717, 1.165) is 6.26 Å². The average Bonchev–Trinajstić information content (AvgIpc) is 3.06. The van der Waals surface area contributed by atoms with Crippen LogP contribution in [0.1, 0.15) is 33.6 Å². The highest BCUT2D eigenvalue weighted by Gasteiger charge is 2.31. The van der Waals surface area contributed by atoms with Crippen molar-refractivity contribution in [2.24, 2.45) is 0 Å². The Morgan fingerprint density at radius 1 is 1.31 bits per heavy atom. The molecule has 0 unspecified atom stereocenters. The number of halogens is 4. The van der Waals surface area contributed by atoms with E-state index < -0.39 is 22.6 Å². The maximum Gasteiger partial charge on any atom is 0.422 e. The van der Waals surface area contributed by atoms with Crippen molar-refractivity contribution in [3.8, 4) is 5.88 Å². The predicted molar refractivity (Wildman–Crippen MR) is 120 cm³/mol. The van der Waals surface area contributed by atoms with Crippen LogP contribution in [0.4, 0.5) is 13.2 Å². The van der Waals surface area contributed by atoms with E-state index in [1.807, 2.05) is 0 Å². The van der Waals surface area contributed by atoms with Crippen molar-refractivity contribution >= 4 is 33.3 Å². The average molecular weight is 535 g/mol. The summed E-state index contributed by atoms with van der Waals surface area (Å²) in [6.07, 6.45) is -0.505. The van der Waals surface area contributed by atoms with Crippen molar-refractivity contribution in [1.29, 1.82) is 0 Å². The van der Waals surface area contributed by atoms with Crippen molar-refractivity contribution < 1.29 is 35.9 Å². The minimum Gasteiger partial charge on any atom is -0.467 e. The summed E-state index contributed by atoms with van der Waals surface area (Å²) in [4.78, 5) is 34.6. The van der Waals surface area contributed by atoms with E-state index in [9.17, 15) is 31.2 Å². The molecule has 0 aliphatic carbocycles. The number of carbonyl (C=O) groups is 2. The minimum atomic E-state index is -4.53. The number of hydrogen-bond donors (Lipinski definition) is 1. The lowest BCUT2D eigenvalue weighted by Crippen LogP contribution is -2.28. The molecule has 0 fully saturated rings. The topological polar surface area (TPSA) is 119 Å². The molecule has 2 aromatic heterocycles. The maximum atomic E-state index is 12.8. The van der Waals surface area contributed by atoms with Gasteiger partial charge in [-0.15, -0.1) is 0 Å². The SMILES string of the molecule is CS(=O)(=O)CCCNC(=O)Cc1nccc2c1CN(Cc1cnc(OCC(F)(F)F)c(Cl)c1)C2=O. The Morgan fingerprint density at radius 2 is 2.06 bits per heavy atom. The first-order chi connectivity index (χ1) is 16.3. The normalized spacial score (nSPS) is 13.6. The van der Waals surface area contributed by atoms with E-state index in [2.05, 4.69) is 20.0 Å². The fraction of sp³-hybridized carbons (Fsp3) is 0.429. The highest BCUT2D eigenvalue weighted by Crippen LogP contribution is 2.29. The molecular formula is C21H22ClF3N4O5S. The van der Waals surface area contributed by atoms with Crippen LogP contribution in [0.3, 0.4) is 0 Å². The molecule has 190 valence electrons. The first kappa shape index (κ1) is 26.7. The molecule has 3 rings (SSSR count). The lowest BCUT2D eigenvalue weighted by atomic mass is 10.1. The number of ether oxygens (including phenoxy) is 1. The number of amides is 2. The molecule has 35 heavy (non-hydrogen) atoms. The number of nitrogens with zero attached hydrogens (tertiary/aromatic N) is 3. The number of nitrogens with one attached hydrogen (secondary N) is 1. The summed E-state index contributed by atoms with van der Waals surface area (Å²) in [5.74, 6) is -1.05. The number of carbonyl (C=O) groups excluding carboxylic acids is 2. The van der Waals surface area contributed by atoms with Gasteiger partial charge in [0.25, 0.3) is 5.91 Å². The summed E-state index contributed by atoms with van der Waals surface area (Å²) in [7, 11) is -3.11. The summed E-state index contributed by atoms with van der Waals surface area (Å²) in [6, 6.07) is 2.92. The van der Waals surface area contributed by atoms with Gasteiger partial charge in [0.05, 0.1) is 17.9 Å². The van der Waals surface area contributed by atoms with Crippen LogP contribution in [0.5, 0.6) is 5.88 Å². The van der Waals surface area contributed by atoms with Crippen molar-refractivity contribution in [3.05, 3.63) is 51.9 Å². The molecule has 2 amide bonds. The molecule has 3 heterocycles. The predicted octanol–water partition coefficient (Wildman–Crippen LogP) is 2.32. The maximum absolute atomic E-state index is 12.8. The summed E-state index contributed by atoms with van der Waals surface area (Å²) in [5, 5.41) is 2.52. The molecular weight excluding hydrogens is 513 g/mol. The van der Waals surface area contributed by atoms with Crippen LogP contribution >= 0.6 is 11.6 Å². The zero-order chi connectivity index (χ0) is 25.8. The third kappa shape index (κ3) is 7.79. The number of sulfone groups is 1. The van der Waals surface area contributed by atoms with E-state index in [-0.39, 0.29) is 60.9 Å². The van der Waals surface area contributed by atoms with Gasteiger partial charge in [-0.1, -0.05) is 11.6 Å². The van der Waals surface area contributed by atoms with Crippen LogP contribution in [-0.2, 0) is 34.1 Å². The Bertz CT molecular complexity index is 1220. The van der Waals surface area contributed by atoms with Gasteiger partial charge in [0.15, 0.2) is 6.61 Å². The lowest BCUT2D eigenvalue weighted by molar-refractivity contribution is -0.154. The van der Waals surface area contributed by atoms with Gasteiger partial charge in [-0.25, -0.2) is 13.4 Å². The van der Waals surface area contributed by atoms with Crippen LogP contribution in [0.2, 0.25) is 5.02 Å². The van der Waals surface area contributed by atoms with Crippen molar-refractivity contribution in [2.75, 3.05) is 25.2 Å². The zero-order valence-corrected chi connectivity index (χ0v) is 20.1. The van der Waals surface area contributed by atoms with Crippen LogP contribution < -0.4 is 10.1 Å². The molecule has 0 atom stereocenters. The van der Waals surface area contributed by atoms with Crippen molar-refractivity contribution in [2.45, 2.75) is 32.1 Å². The largest absolute Gasteiger partial charge is 0.467 e. The van der Waals surface area contributed by atoms with Gasteiger partial charge in [0, 0.05) is 49.4 Å². The number of alkyl halides is 3. The van der Waals surface area contributed by atoms with Gasteiger partial charge in [0.2, 0.25) is 11.8 Å². The molecule has 1 N–H and O–H groups in total. The van der Waals surface area contributed by atoms with Gasteiger partial charge in [-0.2, -0.15) is 13.2 Å². The van der Waals surface area contributed by atoms with E-state index >= 15 is 0 Å². The second-order valence-electron chi connectivity index (χ2n) is 7.99. The Kier molecular flexibility index (Phi) is 8.21. The van der Waals surface area contributed by atoms with E-state index in [1.165, 1.54) is 23.4 Å². The Hall–Kier alpha value is -2.93. The molecule has 0 radical (unpaired) electrons. The number of hydrogen-bond acceptors (Lipinski definition) is 7. The number of pyridine rings is 2. The molecule has 9 nitrogen and oxygen atoms in total. The molecule has 14 heteroatoms. The van der Waals surface area contributed by atoms with Crippen LogP contribution in [0, 0.1) is 0 Å². The Labute approximate surface area is 204 Å². The number of fused-ring (bicyclic) bond motifs is 1. The van der Waals surface area contributed by atoms with Crippen LogP contribution in [0.25, 0.3) is 0 Å². The fourth-order valence-corrected chi connectivity index (χ4v) is 4.34. The van der Waals surface area contributed by atoms with Gasteiger partial charge in [-0.3, -0.25) is 14.6 Å². The van der Waals surface area contributed by atoms with E-state index in [4.69, 9.17) is 11.6 Å². The molecule has 2 aromatic rings. The molecule has 0 aromatic carbocycles. The van der Waals surface area contributed by atoms with Gasteiger partial charge < -0.3 is 15.0 Å². The third-order valence-electron chi connectivity index (χ3n) is 4.96. The van der Waals surface area contributed by atoms with E-state index in [0.29, 0.717) is 22.4 Å². The minimum absolute atomic E-state index is 0.0377. The third-order valence-corrected chi connectivity index (χ3v) is 6.26. The molecule has 1 aliphatic heterocycles. The molecule has 0 saturated carbocycles. The smallest absolute Gasteiger partial charge is 0.422 e. The Balaban J connectivity index is 1.62. The monoisotopic (exact) mass is 534 g/mol. The highest BCUT2D eigenvalue weighted by molar-refractivity contribution is 7.90. The summed E-state index contributed by atoms with van der Waals surface area (Å²) in [5.41, 5.74) is 1.89. The van der Waals surface area contributed by atoms with Crippen LogP contribution in [-0.4, -0.2) is 66.4 Å². The summed E-state index contributed by atoms with van der Waals surface area (Å²) in [6.45, 7) is -1.08. The standard InChI is InChI=1S/C21H22ClF3N4O5S/c1-35(32,33)6-2-4-27-18(30)8-17-15-11-29(20(31)14(15)3-5-26-17)10-13-7-16(22)19(28-9-13)34-12-21(23,24)25/h3,5,7,9H,2,4,6,8,10-12H2,1H3,(H,27,30). The Morgan fingerprint density at radius 3 is 2.71 bits per heavy atom. The number of aromatic nitrogens is 2. The van der Waals surface area contributed by atoms with Crippen LogP contribution in [0.15, 0.2) is 24.5 Å². The first-order valence-corrected chi connectivity index (χ1v) is 12.8. The van der Waals surface area contributed by atoms with E-state index in [1.54, 1.807) is 6.07 Å². The molecule has 1 aliphatic rings. The second-order valence-corrected chi connectivity index (χ2v) is 10.7. The molecule has 0 spiro atoms. The first-order valence-electron chi connectivity index (χ1n) is 10.4.